The van der Waals surface area contributed by atoms with E-state index in [9.17, 15) is 4.79 Å². The average Bonchev–Trinajstić information content (AvgIpc) is 2.93. The van der Waals surface area contributed by atoms with Crippen molar-refractivity contribution in [2.24, 2.45) is 0 Å². The Kier molecular flexibility index (Phi) is 3.03. The van der Waals surface area contributed by atoms with Gasteiger partial charge in [0.1, 0.15) is 0 Å². The normalized spacial score (nSPS) is 10.7. The van der Waals surface area contributed by atoms with E-state index in [4.69, 9.17) is 0 Å². The van der Waals surface area contributed by atoms with Crippen LogP contribution in [0.3, 0.4) is 0 Å². The van der Waals surface area contributed by atoms with Crippen LogP contribution < -0.4 is 4.90 Å². The summed E-state index contributed by atoms with van der Waals surface area (Å²) in [5.41, 5.74) is 3.79. The molecule has 3 heteroatoms. The van der Waals surface area contributed by atoms with Crippen molar-refractivity contribution in [3.05, 3.63) is 65.9 Å². The number of rotatable bonds is 2. The summed E-state index contributed by atoms with van der Waals surface area (Å²) >= 11 is 0. The number of hydrogen-bond donors (Lipinski definition) is 1. The number of H-pyrrole nitrogens is 1. The molecule has 0 aliphatic rings. The fourth-order valence-corrected chi connectivity index (χ4v) is 2.33. The molecule has 20 heavy (non-hydrogen) atoms. The summed E-state index contributed by atoms with van der Waals surface area (Å²) in [5.74, 6) is -0.00120. The van der Waals surface area contributed by atoms with Gasteiger partial charge in [-0.05, 0) is 48.9 Å². The number of anilines is 1. The quantitative estimate of drug-likeness (QED) is 0.751. The van der Waals surface area contributed by atoms with E-state index < -0.39 is 0 Å². The highest BCUT2D eigenvalue weighted by atomic mass is 16.2. The van der Waals surface area contributed by atoms with Crippen molar-refractivity contribution in [1.82, 2.24) is 4.98 Å². The lowest BCUT2D eigenvalue weighted by Gasteiger charge is -2.18. The molecular formula is C17H16N2O. The monoisotopic (exact) mass is 264 g/mol. The third kappa shape index (κ3) is 2.18. The lowest BCUT2D eigenvalue weighted by atomic mass is 10.1. The zero-order valence-electron chi connectivity index (χ0n) is 11.6. The van der Waals surface area contributed by atoms with E-state index in [0.29, 0.717) is 5.56 Å². The van der Waals surface area contributed by atoms with Gasteiger partial charge in [0.05, 0.1) is 0 Å². The second kappa shape index (κ2) is 4.85. The minimum atomic E-state index is -0.00120. The number of aromatic nitrogens is 1. The minimum Gasteiger partial charge on any atom is -0.361 e. The van der Waals surface area contributed by atoms with Crippen LogP contribution in [0.15, 0.2) is 54.7 Å². The van der Waals surface area contributed by atoms with Crippen molar-refractivity contribution in [2.75, 3.05) is 11.9 Å². The third-order valence-corrected chi connectivity index (χ3v) is 3.49. The Labute approximate surface area is 117 Å². The van der Waals surface area contributed by atoms with Crippen LogP contribution in [0, 0.1) is 6.92 Å². The fourth-order valence-electron chi connectivity index (χ4n) is 2.33. The Morgan fingerprint density at radius 1 is 1.10 bits per heavy atom. The molecule has 0 aliphatic heterocycles. The SMILES string of the molecule is Cc1cccc(N(C)C(=O)c2ccc3[nH]ccc3c2)c1. The number of nitrogens with one attached hydrogen (secondary N) is 1. The zero-order valence-corrected chi connectivity index (χ0v) is 11.6. The summed E-state index contributed by atoms with van der Waals surface area (Å²) in [7, 11) is 1.80. The lowest BCUT2D eigenvalue weighted by molar-refractivity contribution is 0.0993. The second-order valence-electron chi connectivity index (χ2n) is 4.98. The van der Waals surface area contributed by atoms with E-state index in [1.54, 1.807) is 11.9 Å². The zero-order chi connectivity index (χ0) is 14.1. The van der Waals surface area contributed by atoms with Crippen LogP contribution in [0.2, 0.25) is 0 Å². The molecule has 1 N–H and O–H groups in total. The van der Waals surface area contributed by atoms with Gasteiger partial charge in [-0.2, -0.15) is 0 Å². The maximum Gasteiger partial charge on any atom is 0.258 e. The predicted octanol–water partition coefficient (Wildman–Crippen LogP) is 3.75. The first kappa shape index (κ1) is 12.5. The van der Waals surface area contributed by atoms with Crippen LogP contribution in [0.25, 0.3) is 10.9 Å². The van der Waals surface area contributed by atoms with Gasteiger partial charge < -0.3 is 9.88 Å². The van der Waals surface area contributed by atoms with E-state index in [-0.39, 0.29) is 5.91 Å². The second-order valence-corrected chi connectivity index (χ2v) is 4.98. The van der Waals surface area contributed by atoms with Crippen LogP contribution in [0.4, 0.5) is 5.69 Å². The Morgan fingerprint density at radius 2 is 1.95 bits per heavy atom. The smallest absolute Gasteiger partial charge is 0.258 e. The Bertz CT molecular complexity index is 773. The number of aryl methyl sites for hydroxylation is 1. The maximum absolute atomic E-state index is 12.5. The van der Waals surface area contributed by atoms with Gasteiger partial charge in [-0.1, -0.05) is 12.1 Å². The highest BCUT2D eigenvalue weighted by Crippen LogP contribution is 2.19. The lowest BCUT2D eigenvalue weighted by Crippen LogP contribution is -2.26. The summed E-state index contributed by atoms with van der Waals surface area (Å²) in [4.78, 5) is 17.3. The molecule has 3 nitrogen and oxygen atoms in total. The molecule has 0 bridgehead atoms. The fraction of sp³-hybridized carbons (Fsp3) is 0.118. The molecule has 0 spiro atoms. The molecule has 100 valence electrons. The molecule has 0 fully saturated rings. The number of amides is 1. The van der Waals surface area contributed by atoms with Crippen LogP contribution in [0.1, 0.15) is 15.9 Å². The Hall–Kier alpha value is -2.55. The summed E-state index contributed by atoms with van der Waals surface area (Å²) in [6, 6.07) is 15.6. The molecule has 0 aliphatic carbocycles. The number of fused-ring (bicyclic) bond motifs is 1. The molecular weight excluding hydrogens is 248 g/mol. The first-order chi connectivity index (χ1) is 9.65. The largest absolute Gasteiger partial charge is 0.361 e. The molecule has 0 radical (unpaired) electrons. The summed E-state index contributed by atoms with van der Waals surface area (Å²) in [6.07, 6.45) is 1.88. The van der Waals surface area contributed by atoms with Gasteiger partial charge in [0.25, 0.3) is 5.91 Å². The van der Waals surface area contributed by atoms with Crippen molar-refractivity contribution >= 4 is 22.5 Å². The van der Waals surface area contributed by atoms with E-state index in [0.717, 1.165) is 22.2 Å². The number of benzene rings is 2. The molecule has 1 heterocycles. The molecule has 0 atom stereocenters. The molecule has 0 saturated heterocycles. The number of aromatic amines is 1. The van der Waals surface area contributed by atoms with Crippen LogP contribution >= 0.6 is 0 Å². The average molecular weight is 264 g/mol. The molecule has 3 aromatic rings. The van der Waals surface area contributed by atoms with Crippen LogP contribution in [-0.4, -0.2) is 17.9 Å². The van der Waals surface area contributed by atoms with Gasteiger partial charge in [0.15, 0.2) is 0 Å². The summed E-state index contributed by atoms with van der Waals surface area (Å²) in [6.45, 7) is 2.02. The van der Waals surface area contributed by atoms with Gasteiger partial charge in [0, 0.05) is 35.4 Å². The van der Waals surface area contributed by atoms with E-state index in [1.165, 1.54) is 0 Å². The number of carbonyl (C=O) groups excluding carboxylic acids is 1. The van der Waals surface area contributed by atoms with E-state index in [2.05, 4.69) is 4.98 Å². The molecule has 0 unspecified atom stereocenters. The van der Waals surface area contributed by atoms with Crippen molar-refractivity contribution in [3.8, 4) is 0 Å². The van der Waals surface area contributed by atoms with Gasteiger partial charge in [0.2, 0.25) is 0 Å². The number of nitrogens with zero attached hydrogens (tertiary/aromatic N) is 1. The molecule has 1 amide bonds. The number of carbonyl (C=O) groups is 1. The number of hydrogen-bond acceptors (Lipinski definition) is 1. The topological polar surface area (TPSA) is 36.1 Å². The van der Waals surface area contributed by atoms with Crippen molar-refractivity contribution in [2.45, 2.75) is 6.92 Å². The Morgan fingerprint density at radius 3 is 2.75 bits per heavy atom. The van der Waals surface area contributed by atoms with Gasteiger partial charge in [-0.25, -0.2) is 0 Å². The van der Waals surface area contributed by atoms with Crippen molar-refractivity contribution < 1.29 is 4.79 Å². The predicted molar refractivity (Wildman–Crippen MR) is 82.2 cm³/mol. The molecule has 1 aromatic heterocycles. The highest BCUT2D eigenvalue weighted by Gasteiger charge is 2.14. The van der Waals surface area contributed by atoms with Crippen LogP contribution in [-0.2, 0) is 0 Å². The summed E-state index contributed by atoms with van der Waals surface area (Å²) in [5, 5.41) is 1.05. The molecule has 2 aromatic carbocycles. The van der Waals surface area contributed by atoms with Crippen molar-refractivity contribution in [1.29, 1.82) is 0 Å². The third-order valence-electron chi connectivity index (χ3n) is 3.49. The van der Waals surface area contributed by atoms with E-state index >= 15 is 0 Å². The van der Waals surface area contributed by atoms with E-state index in [1.807, 2.05) is 61.7 Å². The van der Waals surface area contributed by atoms with Gasteiger partial charge in [-0.3, -0.25) is 4.79 Å². The first-order valence-electron chi connectivity index (χ1n) is 6.57. The van der Waals surface area contributed by atoms with Crippen molar-refractivity contribution in [3.63, 3.8) is 0 Å². The van der Waals surface area contributed by atoms with Crippen LogP contribution in [0.5, 0.6) is 0 Å². The van der Waals surface area contributed by atoms with Gasteiger partial charge >= 0.3 is 0 Å². The minimum absolute atomic E-state index is 0.00120. The first-order valence-corrected chi connectivity index (χ1v) is 6.57. The summed E-state index contributed by atoms with van der Waals surface area (Å²) < 4.78 is 0. The molecule has 3 rings (SSSR count). The standard InChI is InChI=1S/C17H16N2O/c1-12-4-3-5-15(10-12)19(2)17(20)14-6-7-16-13(11-14)8-9-18-16/h3-11,18H,1-2H3. The maximum atomic E-state index is 12.5. The Balaban J connectivity index is 1.94. The molecule has 0 saturated carbocycles. The van der Waals surface area contributed by atoms with Gasteiger partial charge in [-0.15, -0.1) is 0 Å². The highest BCUT2D eigenvalue weighted by molar-refractivity contribution is 6.07.